The van der Waals surface area contributed by atoms with Crippen LogP contribution in [0.5, 0.6) is 0 Å². The summed E-state index contributed by atoms with van der Waals surface area (Å²) in [6, 6.07) is 5.56. The summed E-state index contributed by atoms with van der Waals surface area (Å²) in [6.07, 6.45) is 2.91. The highest BCUT2D eigenvalue weighted by molar-refractivity contribution is 7.18. The SMILES string of the molecule is CC1CCc2c(sc3nc(CN(C)C)n(CC(=O)Nc4ccc(F)cc4)c(=O)c23)C1. The van der Waals surface area contributed by atoms with E-state index in [0.29, 0.717) is 29.4 Å². The van der Waals surface area contributed by atoms with Crippen molar-refractivity contribution in [2.75, 3.05) is 19.4 Å². The number of hydrogen-bond donors (Lipinski definition) is 1. The van der Waals surface area contributed by atoms with Crippen molar-refractivity contribution in [2.45, 2.75) is 39.3 Å². The number of anilines is 1. The predicted octanol–water partition coefficient (Wildman–Crippen LogP) is 3.42. The van der Waals surface area contributed by atoms with E-state index in [9.17, 15) is 14.0 Å². The maximum atomic E-state index is 13.5. The van der Waals surface area contributed by atoms with Crippen molar-refractivity contribution < 1.29 is 9.18 Å². The standard InChI is InChI=1S/C22H25FN4O2S/c1-13-4-9-16-17(10-13)30-21-20(16)22(29)27(18(25-21)11-26(2)3)12-19(28)24-15-7-5-14(23)6-8-15/h5-8,13H,4,9-12H2,1-3H3,(H,24,28). The topological polar surface area (TPSA) is 67.2 Å². The third-order valence-corrected chi connectivity index (χ3v) is 6.53. The van der Waals surface area contributed by atoms with Gasteiger partial charge in [0.15, 0.2) is 0 Å². The molecule has 4 rings (SSSR count). The lowest BCUT2D eigenvalue weighted by Gasteiger charge is -2.18. The van der Waals surface area contributed by atoms with Crippen molar-refractivity contribution in [3.63, 3.8) is 0 Å². The first-order valence-electron chi connectivity index (χ1n) is 10.1. The second-order valence-electron chi connectivity index (χ2n) is 8.24. The number of nitrogens with zero attached hydrogens (tertiary/aromatic N) is 3. The molecule has 0 aliphatic heterocycles. The molecule has 1 amide bonds. The Morgan fingerprint density at radius 1 is 1.33 bits per heavy atom. The highest BCUT2D eigenvalue weighted by Gasteiger charge is 2.25. The number of aryl methyl sites for hydroxylation is 1. The molecule has 0 radical (unpaired) electrons. The molecule has 6 nitrogen and oxygen atoms in total. The van der Waals surface area contributed by atoms with Gasteiger partial charge in [-0.05, 0) is 69.1 Å². The minimum atomic E-state index is -0.372. The second-order valence-corrected chi connectivity index (χ2v) is 9.33. The summed E-state index contributed by atoms with van der Waals surface area (Å²) in [4.78, 5) is 34.9. The summed E-state index contributed by atoms with van der Waals surface area (Å²) >= 11 is 1.61. The van der Waals surface area contributed by atoms with Crippen LogP contribution in [0.2, 0.25) is 0 Å². The number of aromatic nitrogens is 2. The molecular weight excluding hydrogens is 403 g/mol. The van der Waals surface area contributed by atoms with Crippen LogP contribution in [0.3, 0.4) is 0 Å². The summed E-state index contributed by atoms with van der Waals surface area (Å²) in [5.41, 5.74) is 1.44. The minimum absolute atomic E-state index is 0.136. The Bertz CT molecular complexity index is 1150. The highest BCUT2D eigenvalue weighted by Crippen LogP contribution is 2.35. The molecule has 0 spiro atoms. The fraction of sp³-hybridized carbons (Fsp3) is 0.409. The van der Waals surface area contributed by atoms with E-state index in [1.165, 1.54) is 33.7 Å². The van der Waals surface area contributed by atoms with Crippen LogP contribution in [-0.2, 0) is 30.7 Å². The average Bonchev–Trinajstić information content (AvgIpc) is 3.03. The number of hydrogen-bond acceptors (Lipinski definition) is 5. The van der Waals surface area contributed by atoms with E-state index in [0.717, 1.165) is 29.7 Å². The van der Waals surface area contributed by atoms with E-state index in [2.05, 4.69) is 12.2 Å². The summed E-state index contributed by atoms with van der Waals surface area (Å²) in [5, 5.41) is 3.40. The first-order valence-corrected chi connectivity index (χ1v) is 10.9. The molecule has 30 heavy (non-hydrogen) atoms. The van der Waals surface area contributed by atoms with Gasteiger partial charge in [0.05, 0.1) is 11.9 Å². The van der Waals surface area contributed by atoms with Gasteiger partial charge >= 0.3 is 0 Å². The van der Waals surface area contributed by atoms with Crippen molar-refractivity contribution in [3.05, 3.63) is 56.7 Å². The molecular formula is C22H25FN4O2S. The van der Waals surface area contributed by atoms with Gasteiger partial charge in [-0.1, -0.05) is 6.92 Å². The van der Waals surface area contributed by atoms with Crippen LogP contribution in [0.4, 0.5) is 10.1 Å². The highest BCUT2D eigenvalue weighted by atomic mass is 32.1. The molecule has 158 valence electrons. The van der Waals surface area contributed by atoms with E-state index in [1.54, 1.807) is 11.3 Å². The Kier molecular flexibility index (Phi) is 5.71. The van der Waals surface area contributed by atoms with Crippen molar-refractivity contribution in [1.29, 1.82) is 0 Å². The third kappa shape index (κ3) is 4.15. The number of nitrogens with one attached hydrogen (secondary N) is 1. The Morgan fingerprint density at radius 3 is 2.77 bits per heavy atom. The minimum Gasteiger partial charge on any atom is -0.325 e. The molecule has 1 N–H and O–H groups in total. The molecule has 1 atom stereocenters. The molecule has 1 aliphatic carbocycles. The predicted molar refractivity (Wildman–Crippen MR) is 117 cm³/mol. The number of benzene rings is 1. The van der Waals surface area contributed by atoms with Crippen molar-refractivity contribution in [2.24, 2.45) is 5.92 Å². The zero-order valence-corrected chi connectivity index (χ0v) is 18.2. The molecule has 0 saturated heterocycles. The van der Waals surface area contributed by atoms with Gasteiger partial charge in [0.1, 0.15) is 23.0 Å². The molecule has 0 fully saturated rings. The average molecular weight is 429 g/mol. The third-order valence-electron chi connectivity index (χ3n) is 5.38. The Morgan fingerprint density at radius 2 is 2.07 bits per heavy atom. The van der Waals surface area contributed by atoms with Gasteiger partial charge in [0.25, 0.3) is 5.56 Å². The Labute approximate surface area is 178 Å². The number of fused-ring (bicyclic) bond motifs is 3. The zero-order valence-electron chi connectivity index (χ0n) is 17.4. The Balaban J connectivity index is 1.72. The van der Waals surface area contributed by atoms with E-state index in [1.807, 2.05) is 19.0 Å². The lowest BCUT2D eigenvalue weighted by molar-refractivity contribution is -0.116. The van der Waals surface area contributed by atoms with E-state index >= 15 is 0 Å². The van der Waals surface area contributed by atoms with Crippen LogP contribution in [0, 0.1) is 11.7 Å². The first-order chi connectivity index (χ1) is 14.3. The number of rotatable bonds is 5. The molecule has 0 saturated carbocycles. The van der Waals surface area contributed by atoms with Gasteiger partial charge in [-0.3, -0.25) is 14.2 Å². The van der Waals surface area contributed by atoms with Crippen LogP contribution in [0.15, 0.2) is 29.1 Å². The lowest BCUT2D eigenvalue weighted by atomic mass is 9.89. The summed E-state index contributed by atoms with van der Waals surface area (Å²) in [6.45, 7) is 2.55. The smallest absolute Gasteiger partial charge is 0.263 e. The molecule has 1 aliphatic rings. The zero-order chi connectivity index (χ0) is 21.4. The molecule has 3 aromatic rings. The second kappa shape index (κ2) is 8.28. The maximum absolute atomic E-state index is 13.5. The van der Waals surface area contributed by atoms with Gasteiger partial charge in [0.2, 0.25) is 5.91 Å². The van der Waals surface area contributed by atoms with Crippen LogP contribution in [-0.4, -0.2) is 34.5 Å². The fourth-order valence-corrected chi connectivity index (χ4v) is 5.30. The van der Waals surface area contributed by atoms with Crippen LogP contribution in [0.25, 0.3) is 10.2 Å². The quantitative estimate of drug-likeness (QED) is 0.676. The van der Waals surface area contributed by atoms with Crippen molar-refractivity contribution in [3.8, 4) is 0 Å². The van der Waals surface area contributed by atoms with Crippen LogP contribution >= 0.6 is 11.3 Å². The summed E-state index contributed by atoms with van der Waals surface area (Å²) in [7, 11) is 3.81. The number of carbonyl (C=O) groups excluding carboxylic acids is 1. The molecule has 1 unspecified atom stereocenters. The number of carbonyl (C=O) groups is 1. The summed E-state index contributed by atoms with van der Waals surface area (Å²) < 4.78 is 14.6. The van der Waals surface area contributed by atoms with Crippen molar-refractivity contribution >= 4 is 33.1 Å². The largest absolute Gasteiger partial charge is 0.325 e. The molecule has 8 heteroatoms. The maximum Gasteiger partial charge on any atom is 0.263 e. The van der Waals surface area contributed by atoms with Gasteiger partial charge in [-0.15, -0.1) is 11.3 Å². The number of thiophene rings is 1. The monoisotopic (exact) mass is 428 g/mol. The van der Waals surface area contributed by atoms with Crippen LogP contribution in [0.1, 0.15) is 29.6 Å². The van der Waals surface area contributed by atoms with E-state index in [4.69, 9.17) is 4.98 Å². The van der Waals surface area contributed by atoms with Gasteiger partial charge in [0, 0.05) is 10.6 Å². The van der Waals surface area contributed by atoms with Gasteiger partial charge in [-0.25, -0.2) is 9.37 Å². The van der Waals surface area contributed by atoms with Crippen molar-refractivity contribution in [1.82, 2.24) is 14.5 Å². The number of amides is 1. The Hall–Kier alpha value is -2.58. The molecule has 2 heterocycles. The molecule has 0 bridgehead atoms. The van der Waals surface area contributed by atoms with Gasteiger partial charge in [-0.2, -0.15) is 0 Å². The van der Waals surface area contributed by atoms with Gasteiger partial charge < -0.3 is 10.2 Å². The van der Waals surface area contributed by atoms with E-state index in [-0.39, 0.29) is 23.8 Å². The lowest BCUT2D eigenvalue weighted by Crippen LogP contribution is -2.33. The van der Waals surface area contributed by atoms with E-state index < -0.39 is 0 Å². The molecule has 1 aromatic carbocycles. The summed E-state index contributed by atoms with van der Waals surface area (Å²) in [5.74, 6) is 0.459. The normalized spacial score (nSPS) is 16.1. The number of halogens is 1. The van der Waals surface area contributed by atoms with Crippen LogP contribution < -0.4 is 10.9 Å². The fourth-order valence-electron chi connectivity index (χ4n) is 3.91. The molecule has 2 aromatic heterocycles. The first kappa shape index (κ1) is 20.7.